The van der Waals surface area contributed by atoms with Crippen LogP contribution in [0, 0.1) is 0 Å². The fourth-order valence-corrected chi connectivity index (χ4v) is 3.54. The number of carbonyl (C=O) groups excluding carboxylic acids is 1. The van der Waals surface area contributed by atoms with Gasteiger partial charge in [-0.25, -0.2) is 0 Å². The molecule has 0 aromatic heterocycles. The smallest absolute Gasteiger partial charge is 0.265 e. The maximum absolute atomic E-state index is 12.2. The standard InChI is InChI=1S/C17H15NO2S2/c1-3-20-14-9-8-11-6-4-5-7-12(11)13(14)10-15-16(19)18(2)17(21)22-15/h4-10H,3H2,1-2H3/b15-10-. The van der Waals surface area contributed by atoms with E-state index in [0.29, 0.717) is 15.8 Å². The van der Waals surface area contributed by atoms with Crippen LogP contribution in [0.5, 0.6) is 5.75 Å². The third kappa shape index (κ3) is 2.62. The molecule has 22 heavy (non-hydrogen) atoms. The third-order valence-corrected chi connectivity index (χ3v) is 4.98. The van der Waals surface area contributed by atoms with Crippen LogP contribution in [0.1, 0.15) is 12.5 Å². The molecule has 0 saturated carbocycles. The highest BCUT2D eigenvalue weighted by atomic mass is 32.2. The minimum absolute atomic E-state index is 0.0645. The molecule has 1 amide bonds. The van der Waals surface area contributed by atoms with Gasteiger partial charge in [-0.05, 0) is 29.8 Å². The lowest BCUT2D eigenvalue weighted by Gasteiger charge is -2.11. The van der Waals surface area contributed by atoms with Gasteiger partial charge in [-0.15, -0.1) is 0 Å². The second-order valence-corrected chi connectivity index (χ2v) is 6.55. The van der Waals surface area contributed by atoms with Crippen LogP contribution >= 0.6 is 24.0 Å². The highest BCUT2D eigenvalue weighted by molar-refractivity contribution is 8.26. The van der Waals surface area contributed by atoms with Crippen molar-refractivity contribution in [3.8, 4) is 5.75 Å². The van der Waals surface area contributed by atoms with Crippen LogP contribution in [0.4, 0.5) is 0 Å². The van der Waals surface area contributed by atoms with Crippen LogP contribution in [0.3, 0.4) is 0 Å². The van der Waals surface area contributed by atoms with Crippen molar-refractivity contribution in [3.63, 3.8) is 0 Å². The summed E-state index contributed by atoms with van der Waals surface area (Å²) in [6.07, 6.45) is 1.89. The maximum Gasteiger partial charge on any atom is 0.265 e. The Bertz CT molecular complexity index is 798. The molecule has 1 aliphatic rings. The number of likely N-dealkylation sites (N-methyl/N-ethyl adjacent to an activating group) is 1. The van der Waals surface area contributed by atoms with Crippen molar-refractivity contribution >= 4 is 51.1 Å². The summed E-state index contributed by atoms with van der Waals surface area (Å²) in [4.78, 5) is 14.4. The van der Waals surface area contributed by atoms with Gasteiger partial charge in [-0.1, -0.05) is 54.3 Å². The molecule has 0 radical (unpaired) electrons. The number of ether oxygens (including phenoxy) is 1. The van der Waals surface area contributed by atoms with Crippen molar-refractivity contribution in [1.82, 2.24) is 4.90 Å². The predicted molar refractivity (Wildman–Crippen MR) is 96.1 cm³/mol. The molecule has 5 heteroatoms. The van der Waals surface area contributed by atoms with Gasteiger partial charge in [0.1, 0.15) is 10.1 Å². The van der Waals surface area contributed by atoms with Crippen LogP contribution in [0.15, 0.2) is 41.3 Å². The Balaban J connectivity index is 2.18. The van der Waals surface area contributed by atoms with E-state index in [1.165, 1.54) is 16.7 Å². The molecule has 0 spiro atoms. The Morgan fingerprint density at radius 2 is 2.05 bits per heavy atom. The first-order valence-corrected chi connectivity index (χ1v) is 8.20. The predicted octanol–water partition coefficient (Wildman–Crippen LogP) is 4.07. The average molecular weight is 329 g/mol. The molecule has 0 N–H and O–H groups in total. The quantitative estimate of drug-likeness (QED) is 0.627. The summed E-state index contributed by atoms with van der Waals surface area (Å²) < 4.78 is 6.31. The van der Waals surface area contributed by atoms with Crippen molar-refractivity contribution in [3.05, 3.63) is 46.9 Å². The first kappa shape index (κ1) is 15.1. The summed E-state index contributed by atoms with van der Waals surface area (Å²) >= 11 is 6.51. The molecule has 1 heterocycles. The number of thiocarbonyl (C=S) groups is 1. The van der Waals surface area contributed by atoms with Gasteiger partial charge >= 0.3 is 0 Å². The molecule has 1 fully saturated rings. The van der Waals surface area contributed by atoms with Crippen LogP contribution in [-0.2, 0) is 4.79 Å². The van der Waals surface area contributed by atoms with Gasteiger partial charge in [0, 0.05) is 12.6 Å². The molecule has 3 nitrogen and oxygen atoms in total. The zero-order valence-electron chi connectivity index (χ0n) is 12.3. The van der Waals surface area contributed by atoms with Crippen molar-refractivity contribution in [2.45, 2.75) is 6.92 Å². The van der Waals surface area contributed by atoms with Crippen LogP contribution < -0.4 is 4.74 Å². The summed E-state index contributed by atoms with van der Waals surface area (Å²) in [5, 5.41) is 2.18. The maximum atomic E-state index is 12.2. The third-order valence-electron chi connectivity index (χ3n) is 3.49. The Morgan fingerprint density at radius 3 is 2.73 bits per heavy atom. The summed E-state index contributed by atoms with van der Waals surface area (Å²) in [6.45, 7) is 2.53. The molecule has 0 unspecified atom stereocenters. The van der Waals surface area contributed by atoms with Gasteiger partial charge in [0.05, 0.1) is 11.5 Å². The summed E-state index contributed by atoms with van der Waals surface area (Å²) in [5.74, 6) is 0.716. The minimum Gasteiger partial charge on any atom is -0.493 e. The number of hydrogen-bond donors (Lipinski definition) is 0. The highest BCUT2D eigenvalue weighted by Gasteiger charge is 2.29. The number of nitrogens with zero attached hydrogens (tertiary/aromatic N) is 1. The van der Waals surface area contributed by atoms with E-state index < -0.39 is 0 Å². The molecule has 1 saturated heterocycles. The van der Waals surface area contributed by atoms with E-state index in [9.17, 15) is 4.79 Å². The highest BCUT2D eigenvalue weighted by Crippen LogP contribution is 2.36. The molecule has 112 valence electrons. The van der Waals surface area contributed by atoms with Gasteiger partial charge in [0.15, 0.2) is 0 Å². The lowest BCUT2D eigenvalue weighted by atomic mass is 10.0. The fourth-order valence-electron chi connectivity index (χ4n) is 2.38. The molecule has 0 bridgehead atoms. The van der Waals surface area contributed by atoms with Gasteiger partial charge in [0.2, 0.25) is 0 Å². The first-order chi connectivity index (χ1) is 10.6. The lowest BCUT2D eigenvalue weighted by Crippen LogP contribution is -2.22. The van der Waals surface area contributed by atoms with Crippen molar-refractivity contribution in [2.24, 2.45) is 0 Å². The number of hydrogen-bond acceptors (Lipinski definition) is 4. The van der Waals surface area contributed by atoms with Crippen molar-refractivity contribution in [2.75, 3.05) is 13.7 Å². The molecule has 2 aromatic rings. The second kappa shape index (κ2) is 6.10. The number of benzene rings is 2. The zero-order chi connectivity index (χ0) is 15.7. The summed E-state index contributed by atoms with van der Waals surface area (Å²) in [5.41, 5.74) is 0.925. The molecule has 0 aliphatic carbocycles. The zero-order valence-corrected chi connectivity index (χ0v) is 14.0. The fraction of sp³-hybridized carbons (Fsp3) is 0.176. The normalized spacial score (nSPS) is 16.8. The number of amides is 1. The molecule has 3 rings (SSSR count). The molecule has 0 atom stereocenters. The molecule has 1 aliphatic heterocycles. The van der Waals surface area contributed by atoms with E-state index in [4.69, 9.17) is 17.0 Å². The Morgan fingerprint density at radius 1 is 1.27 bits per heavy atom. The summed E-state index contributed by atoms with van der Waals surface area (Å²) in [7, 11) is 1.70. The van der Waals surface area contributed by atoms with Crippen molar-refractivity contribution in [1.29, 1.82) is 0 Å². The van der Waals surface area contributed by atoms with E-state index in [1.807, 2.05) is 49.4 Å². The van der Waals surface area contributed by atoms with Gasteiger partial charge in [-0.3, -0.25) is 9.69 Å². The van der Waals surface area contributed by atoms with Crippen LogP contribution in [0.2, 0.25) is 0 Å². The monoisotopic (exact) mass is 329 g/mol. The molecular weight excluding hydrogens is 314 g/mol. The number of fused-ring (bicyclic) bond motifs is 1. The van der Waals surface area contributed by atoms with Crippen LogP contribution in [-0.4, -0.2) is 28.8 Å². The molecule has 2 aromatic carbocycles. The molecular formula is C17H15NO2S2. The average Bonchev–Trinajstić information content (AvgIpc) is 2.77. The van der Waals surface area contributed by atoms with E-state index in [0.717, 1.165) is 22.1 Å². The van der Waals surface area contributed by atoms with Gasteiger partial charge in [-0.2, -0.15) is 0 Å². The van der Waals surface area contributed by atoms with Crippen molar-refractivity contribution < 1.29 is 9.53 Å². The Kier molecular flexibility index (Phi) is 4.18. The van der Waals surface area contributed by atoms with Gasteiger partial charge in [0.25, 0.3) is 5.91 Å². The van der Waals surface area contributed by atoms with Gasteiger partial charge < -0.3 is 4.74 Å². The largest absolute Gasteiger partial charge is 0.493 e. The SMILES string of the molecule is CCOc1ccc2ccccc2c1/C=C1\SC(=S)N(C)C1=O. The number of thioether (sulfide) groups is 1. The topological polar surface area (TPSA) is 29.5 Å². The Hall–Kier alpha value is -1.85. The Labute approximate surface area is 138 Å². The van der Waals surface area contributed by atoms with Crippen LogP contribution in [0.25, 0.3) is 16.8 Å². The second-order valence-electron chi connectivity index (χ2n) is 4.87. The number of carbonyl (C=O) groups is 1. The summed E-state index contributed by atoms with van der Waals surface area (Å²) in [6, 6.07) is 12.1. The van der Waals surface area contributed by atoms with E-state index >= 15 is 0 Å². The van der Waals surface area contributed by atoms with E-state index in [2.05, 4.69) is 0 Å². The number of rotatable bonds is 3. The van der Waals surface area contributed by atoms with E-state index in [1.54, 1.807) is 7.05 Å². The lowest BCUT2D eigenvalue weighted by molar-refractivity contribution is -0.121. The first-order valence-electron chi connectivity index (χ1n) is 6.98. The minimum atomic E-state index is -0.0645. The van der Waals surface area contributed by atoms with E-state index in [-0.39, 0.29) is 5.91 Å².